The molecular weight excluding hydrogens is 538 g/mol. The number of nitriles is 1. The van der Waals surface area contributed by atoms with Crippen molar-refractivity contribution in [2.45, 2.75) is 69.5 Å². The van der Waals surface area contributed by atoms with Crippen molar-refractivity contribution in [3.8, 4) is 6.07 Å². The minimum atomic E-state index is -0.649. The predicted octanol–water partition coefficient (Wildman–Crippen LogP) is 5.01. The van der Waals surface area contributed by atoms with Gasteiger partial charge in [0.15, 0.2) is 0 Å². The third-order valence-electron chi connectivity index (χ3n) is 10.5. The zero-order valence-electron chi connectivity index (χ0n) is 25.2. The van der Waals surface area contributed by atoms with Crippen LogP contribution in [0.3, 0.4) is 0 Å². The maximum absolute atomic E-state index is 13.3. The predicted molar refractivity (Wildman–Crippen MR) is 165 cm³/mol. The Morgan fingerprint density at radius 3 is 2.30 bits per heavy atom. The molecular formula is C35H45N5O3. The molecule has 0 bridgehead atoms. The van der Waals surface area contributed by atoms with Crippen molar-refractivity contribution in [1.82, 2.24) is 19.6 Å². The molecule has 0 radical (unpaired) electrons. The number of urea groups is 1. The van der Waals surface area contributed by atoms with E-state index in [4.69, 9.17) is 5.26 Å². The molecule has 2 aromatic rings. The molecule has 8 nitrogen and oxygen atoms in total. The van der Waals surface area contributed by atoms with E-state index in [0.29, 0.717) is 23.9 Å². The monoisotopic (exact) mass is 583 g/mol. The van der Waals surface area contributed by atoms with Crippen LogP contribution < -0.4 is 0 Å². The van der Waals surface area contributed by atoms with Gasteiger partial charge in [0.2, 0.25) is 0 Å². The number of carbonyl (C=O) groups excluding carboxylic acids is 1. The molecule has 6 rings (SSSR count). The molecule has 228 valence electrons. The average Bonchev–Trinajstić information content (AvgIpc) is 3.61. The third kappa shape index (κ3) is 6.73. The Balaban J connectivity index is 1.06. The molecule has 0 aromatic heterocycles. The van der Waals surface area contributed by atoms with Gasteiger partial charge in [-0.25, -0.2) is 4.79 Å². The summed E-state index contributed by atoms with van der Waals surface area (Å²) in [4.78, 5) is 34.7. The molecule has 3 heterocycles. The normalized spacial score (nSPS) is 25.2. The summed E-state index contributed by atoms with van der Waals surface area (Å²) >= 11 is 0. The van der Waals surface area contributed by atoms with E-state index in [2.05, 4.69) is 51.1 Å². The fourth-order valence-electron chi connectivity index (χ4n) is 8.24. The van der Waals surface area contributed by atoms with Crippen molar-refractivity contribution in [3.63, 3.8) is 0 Å². The van der Waals surface area contributed by atoms with Gasteiger partial charge < -0.3 is 19.8 Å². The minimum absolute atomic E-state index is 0.126. The summed E-state index contributed by atoms with van der Waals surface area (Å²) in [6.07, 6.45) is 7.53. The van der Waals surface area contributed by atoms with E-state index in [0.717, 1.165) is 89.9 Å². The molecule has 4 aliphatic rings. The van der Waals surface area contributed by atoms with E-state index in [1.54, 1.807) is 0 Å². The van der Waals surface area contributed by atoms with Gasteiger partial charge in [-0.05, 0) is 60.8 Å². The number of carbonyl (C=O) groups is 2. The highest BCUT2D eigenvalue weighted by Gasteiger charge is 2.43. The highest BCUT2D eigenvalue weighted by atomic mass is 16.4. The molecule has 4 fully saturated rings. The lowest BCUT2D eigenvalue weighted by molar-refractivity contribution is -0.145. The zero-order valence-corrected chi connectivity index (χ0v) is 25.2. The fourth-order valence-corrected chi connectivity index (χ4v) is 8.24. The van der Waals surface area contributed by atoms with Crippen LogP contribution in [0.4, 0.5) is 4.79 Å². The van der Waals surface area contributed by atoms with E-state index in [1.165, 1.54) is 12.0 Å². The molecule has 0 unspecified atom stereocenters. The van der Waals surface area contributed by atoms with Gasteiger partial charge in [0, 0.05) is 64.3 Å². The van der Waals surface area contributed by atoms with Crippen LogP contribution in [-0.4, -0.2) is 94.6 Å². The number of nitrogens with zero attached hydrogens (tertiary/aromatic N) is 5. The molecule has 3 atom stereocenters. The number of benzene rings is 2. The Labute approximate surface area is 255 Å². The number of aliphatic carboxylic acids is 1. The van der Waals surface area contributed by atoms with Crippen LogP contribution in [0.25, 0.3) is 0 Å². The second kappa shape index (κ2) is 13.5. The van der Waals surface area contributed by atoms with Crippen LogP contribution in [0.5, 0.6) is 0 Å². The van der Waals surface area contributed by atoms with E-state index in [9.17, 15) is 14.7 Å². The number of hydrogen-bond acceptors (Lipinski definition) is 5. The lowest BCUT2D eigenvalue weighted by Gasteiger charge is -2.38. The molecule has 8 heteroatoms. The first kappa shape index (κ1) is 29.7. The first-order chi connectivity index (χ1) is 21.0. The van der Waals surface area contributed by atoms with Gasteiger partial charge in [-0.3, -0.25) is 9.69 Å². The molecule has 2 amide bonds. The molecule has 1 aliphatic carbocycles. The van der Waals surface area contributed by atoms with Crippen LogP contribution in [0.1, 0.15) is 67.6 Å². The number of carboxylic acids is 1. The quantitative estimate of drug-likeness (QED) is 0.446. The molecule has 1 saturated carbocycles. The summed E-state index contributed by atoms with van der Waals surface area (Å²) in [6, 6.07) is 20.4. The largest absolute Gasteiger partial charge is 0.480 e. The minimum Gasteiger partial charge on any atom is -0.480 e. The van der Waals surface area contributed by atoms with Crippen LogP contribution >= 0.6 is 0 Å². The lowest BCUT2D eigenvalue weighted by Crippen LogP contribution is -2.48. The zero-order chi connectivity index (χ0) is 29.8. The number of piperidine rings is 1. The van der Waals surface area contributed by atoms with Gasteiger partial charge in [-0.2, -0.15) is 5.26 Å². The maximum Gasteiger partial charge on any atom is 0.321 e. The maximum atomic E-state index is 13.3. The Bertz CT molecular complexity index is 1280. The Morgan fingerprint density at radius 1 is 0.907 bits per heavy atom. The van der Waals surface area contributed by atoms with E-state index in [1.807, 2.05) is 29.2 Å². The second-order valence-corrected chi connectivity index (χ2v) is 13.2. The van der Waals surface area contributed by atoms with Gasteiger partial charge in [-0.15, -0.1) is 0 Å². The standard InChI is InChI=1S/C35H45N5O3/c36-21-26-11-13-27(14-12-26)22-38-19-20-40(35(38)43)31-15-17-37(18-16-31)23-30-24-39(25-32(30)28-7-3-1-4-8-28)33(34(41)42)29-9-5-2-6-10-29/h1,3-4,7-8,11-14,29-33H,2,5-6,9-10,15-20,22-25H2,(H,41,42)/t30-,32+,33+/m0/s1. The van der Waals surface area contributed by atoms with Crippen molar-refractivity contribution < 1.29 is 14.7 Å². The molecule has 2 aromatic carbocycles. The van der Waals surface area contributed by atoms with Crippen molar-refractivity contribution in [3.05, 3.63) is 71.3 Å². The summed E-state index contributed by atoms with van der Waals surface area (Å²) in [5, 5.41) is 19.4. The van der Waals surface area contributed by atoms with Crippen LogP contribution in [0.2, 0.25) is 0 Å². The number of carboxylic acid groups (broad SMARTS) is 1. The highest BCUT2D eigenvalue weighted by molar-refractivity contribution is 5.77. The SMILES string of the molecule is N#Cc1ccc(CN2CCN(C3CCN(C[C@H]4CN([C@@H](C(=O)O)C5CCCCC5)C[C@@H]4c4ccccc4)CC3)C2=O)cc1. The molecule has 1 N–H and O–H groups in total. The van der Waals surface area contributed by atoms with Crippen molar-refractivity contribution in [1.29, 1.82) is 5.26 Å². The van der Waals surface area contributed by atoms with Crippen LogP contribution in [-0.2, 0) is 11.3 Å². The summed E-state index contributed by atoms with van der Waals surface area (Å²) < 4.78 is 0. The average molecular weight is 584 g/mol. The highest BCUT2D eigenvalue weighted by Crippen LogP contribution is 2.38. The number of hydrogen-bond donors (Lipinski definition) is 1. The Morgan fingerprint density at radius 2 is 1.63 bits per heavy atom. The first-order valence-corrected chi connectivity index (χ1v) is 16.3. The first-order valence-electron chi connectivity index (χ1n) is 16.3. The van der Waals surface area contributed by atoms with Gasteiger partial charge >= 0.3 is 12.0 Å². The van der Waals surface area contributed by atoms with Gasteiger partial charge in [0.25, 0.3) is 0 Å². The van der Waals surface area contributed by atoms with Gasteiger partial charge in [0.05, 0.1) is 11.6 Å². The topological polar surface area (TPSA) is 91.1 Å². The number of rotatable bonds is 9. The summed E-state index contributed by atoms with van der Waals surface area (Å²) in [5.74, 6) is 0.330. The van der Waals surface area contributed by atoms with Crippen molar-refractivity contribution in [2.75, 3.05) is 45.8 Å². The summed E-state index contributed by atoms with van der Waals surface area (Å²) in [6.45, 7) is 6.64. The Hall–Kier alpha value is -3.41. The van der Waals surface area contributed by atoms with Gasteiger partial charge in [0.1, 0.15) is 6.04 Å². The van der Waals surface area contributed by atoms with E-state index in [-0.39, 0.29) is 24.0 Å². The van der Waals surface area contributed by atoms with Crippen molar-refractivity contribution >= 4 is 12.0 Å². The second-order valence-electron chi connectivity index (χ2n) is 13.2. The van der Waals surface area contributed by atoms with Crippen LogP contribution in [0.15, 0.2) is 54.6 Å². The molecule has 3 saturated heterocycles. The lowest BCUT2D eigenvalue weighted by atomic mass is 9.83. The molecule has 43 heavy (non-hydrogen) atoms. The smallest absolute Gasteiger partial charge is 0.321 e. The molecule has 0 spiro atoms. The molecule has 3 aliphatic heterocycles. The van der Waals surface area contributed by atoms with Crippen LogP contribution in [0, 0.1) is 23.2 Å². The number of amides is 2. The van der Waals surface area contributed by atoms with E-state index >= 15 is 0 Å². The third-order valence-corrected chi connectivity index (χ3v) is 10.5. The van der Waals surface area contributed by atoms with Crippen molar-refractivity contribution in [2.24, 2.45) is 11.8 Å². The number of likely N-dealkylation sites (tertiary alicyclic amines) is 2. The Kier molecular flexibility index (Phi) is 9.30. The fraction of sp³-hybridized carbons (Fsp3) is 0.571. The summed E-state index contributed by atoms with van der Waals surface area (Å²) in [5.41, 5.74) is 3.01. The summed E-state index contributed by atoms with van der Waals surface area (Å²) in [7, 11) is 0. The van der Waals surface area contributed by atoms with Gasteiger partial charge in [-0.1, -0.05) is 61.7 Å². The van der Waals surface area contributed by atoms with E-state index < -0.39 is 5.97 Å².